The third-order valence-corrected chi connectivity index (χ3v) is 5.13. The maximum Gasteiger partial charge on any atom is 0.0991 e. The Bertz CT molecular complexity index is 386. The van der Waals surface area contributed by atoms with Gasteiger partial charge in [-0.15, -0.1) is 11.8 Å². The van der Waals surface area contributed by atoms with E-state index in [1.807, 2.05) is 18.0 Å². The van der Waals surface area contributed by atoms with Crippen LogP contribution in [-0.2, 0) is 6.54 Å². The van der Waals surface area contributed by atoms with E-state index in [1.165, 1.54) is 54.7 Å². The lowest BCUT2D eigenvalue weighted by molar-refractivity contribution is 0.515. The molecule has 1 aliphatic carbocycles. The summed E-state index contributed by atoms with van der Waals surface area (Å²) >= 11 is 2.00. The van der Waals surface area contributed by atoms with E-state index < -0.39 is 0 Å². The maximum atomic E-state index is 4.67. The molecular weight excluding hydrogens is 252 g/mol. The molecule has 0 amide bonds. The molecule has 1 fully saturated rings. The lowest BCUT2D eigenvalue weighted by Crippen LogP contribution is -2.14. The minimum Gasteiger partial charge on any atom is -0.313 e. The Morgan fingerprint density at radius 2 is 2.11 bits per heavy atom. The van der Waals surface area contributed by atoms with E-state index >= 15 is 0 Å². The second kappa shape index (κ2) is 7.91. The molecular formula is C16H26N2S. The molecule has 106 valence electrons. The van der Waals surface area contributed by atoms with E-state index in [0.29, 0.717) is 0 Å². The Kier molecular flexibility index (Phi) is 6.18. The fraction of sp³-hybridized carbons (Fsp3) is 0.688. The lowest BCUT2D eigenvalue weighted by atomic mass is 10.0. The van der Waals surface area contributed by atoms with Crippen molar-refractivity contribution in [3.8, 4) is 0 Å². The highest BCUT2D eigenvalue weighted by Gasteiger charge is 2.16. The average molecular weight is 278 g/mol. The van der Waals surface area contributed by atoms with E-state index in [0.717, 1.165) is 18.3 Å². The predicted molar refractivity (Wildman–Crippen MR) is 83.7 cm³/mol. The fourth-order valence-corrected chi connectivity index (χ4v) is 3.83. The number of nitrogens with zero attached hydrogens (tertiary/aromatic N) is 1. The van der Waals surface area contributed by atoms with E-state index in [1.54, 1.807) is 0 Å². The highest BCUT2D eigenvalue weighted by molar-refractivity contribution is 7.99. The second-order valence-electron chi connectivity index (χ2n) is 5.52. The van der Waals surface area contributed by atoms with Crippen molar-refractivity contribution in [2.45, 2.75) is 69.2 Å². The molecule has 2 nitrogen and oxygen atoms in total. The molecule has 0 bridgehead atoms. The van der Waals surface area contributed by atoms with Gasteiger partial charge in [-0.3, -0.25) is 0 Å². The van der Waals surface area contributed by atoms with Crippen LogP contribution in [0.4, 0.5) is 0 Å². The summed E-state index contributed by atoms with van der Waals surface area (Å²) in [5.74, 6) is 0. The van der Waals surface area contributed by atoms with Crippen molar-refractivity contribution < 1.29 is 0 Å². The molecule has 1 heterocycles. The molecule has 1 aromatic heterocycles. The molecule has 0 aromatic carbocycles. The average Bonchev–Trinajstić information content (AvgIpc) is 2.43. The van der Waals surface area contributed by atoms with E-state index in [2.05, 4.69) is 30.2 Å². The largest absolute Gasteiger partial charge is 0.313 e. The van der Waals surface area contributed by atoms with Crippen LogP contribution in [0.5, 0.6) is 0 Å². The number of aryl methyl sites for hydroxylation is 1. The maximum absolute atomic E-state index is 4.67. The Morgan fingerprint density at radius 1 is 1.32 bits per heavy atom. The topological polar surface area (TPSA) is 24.9 Å². The third-order valence-electron chi connectivity index (χ3n) is 3.67. The molecule has 0 spiro atoms. The highest BCUT2D eigenvalue weighted by atomic mass is 32.2. The number of pyridine rings is 1. The Balaban J connectivity index is 1.90. The molecule has 0 aliphatic heterocycles. The van der Waals surface area contributed by atoms with E-state index in [9.17, 15) is 0 Å². The standard InChI is InChI=1S/C16H26N2S/c1-3-9-17-11-14-10-13(2)16(18-12-14)19-15-7-5-4-6-8-15/h10,12,15,17H,3-9,11H2,1-2H3. The number of hydrogen-bond donors (Lipinski definition) is 1. The molecule has 1 saturated carbocycles. The minimum atomic E-state index is 0.795. The van der Waals surface area contributed by atoms with Crippen molar-refractivity contribution in [3.63, 3.8) is 0 Å². The molecule has 1 aromatic rings. The van der Waals surface area contributed by atoms with Gasteiger partial charge in [-0.25, -0.2) is 4.98 Å². The summed E-state index contributed by atoms with van der Waals surface area (Å²) in [5.41, 5.74) is 2.64. The summed E-state index contributed by atoms with van der Waals surface area (Å²) in [4.78, 5) is 4.67. The quantitative estimate of drug-likeness (QED) is 0.785. The minimum absolute atomic E-state index is 0.795. The number of hydrogen-bond acceptors (Lipinski definition) is 3. The number of thioether (sulfide) groups is 1. The summed E-state index contributed by atoms with van der Waals surface area (Å²) in [6, 6.07) is 2.29. The highest BCUT2D eigenvalue weighted by Crippen LogP contribution is 2.34. The molecule has 1 aliphatic rings. The van der Waals surface area contributed by atoms with Crippen molar-refractivity contribution in [3.05, 3.63) is 23.4 Å². The van der Waals surface area contributed by atoms with Crippen LogP contribution in [-0.4, -0.2) is 16.8 Å². The van der Waals surface area contributed by atoms with Crippen LogP contribution < -0.4 is 5.32 Å². The zero-order chi connectivity index (χ0) is 13.5. The first-order chi connectivity index (χ1) is 9.29. The summed E-state index contributed by atoms with van der Waals surface area (Å²) in [7, 11) is 0. The van der Waals surface area contributed by atoms with Crippen molar-refractivity contribution in [2.24, 2.45) is 0 Å². The third kappa shape index (κ3) is 4.81. The lowest BCUT2D eigenvalue weighted by Gasteiger charge is -2.21. The summed E-state index contributed by atoms with van der Waals surface area (Å²) < 4.78 is 0. The van der Waals surface area contributed by atoms with Crippen LogP contribution in [0.1, 0.15) is 56.6 Å². The monoisotopic (exact) mass is 278 g/mol. The van der Waals surface area contributed by atoms with Crippen LogP contribution in [0.25, 0.3) is 0 Å². The molecule has 0 saturated heterocycles. The van der Waals surface area contributed by atoms with Crippen LogP contribution in [0.2, 0.25) is 0 Å². The normalized spacial score (nSPS) is 16.7. The summed E-state index contributed by atoms with van der Waals surface area (Å²) in [5, 5.41) is 5.47. The first-order valence-electron chi connectivity index (χ1n) is 7.62. The second-order valence-corrected chi connectivity index (χ2v) is 6.81. The van der Waals surface area contributed by atoms with Crippen molar-refractivity contribution in [1.29, 1.82) is 0 Å². The fourth-order valence-electron chi connectivity index (χ4n) is 2.59. The zero-order valence-electron chi connectivity index (χ0n) is 12.2. The van der Waals surface area contributed by atoms with Crippen LogP contribution >= 0.6 is 11.8 Å². The number of nitrogens with one attached hydrogen (secondary N) is 1. The van der Waals surface area contributed by atoms with Gasteiger partial charge in [0.1, 0.15) is 0 Å². The zero-order valence-corrected chi connectivity index (χ0v) is 13.1. The van der Waals surface area contributed by atoms with Gasteiger partial charge in [0.15, 0.2) is 0 Å². The van der Waals surface area contributed by atoms with Gasteiger partial charge in [0.25, 0.3) is 0 Å². The smallest absolute Gasteiger partial charge is 0.0991 e. The molecule has 1 N–H and O–H groups in total. The number of rotatable bonds is 6. The van der Waals surface area contributed by atoms with Gasteiger partial charge in [-0.2, -0.15) is 0 Å². The van der Waals surface area contributed by atoms with Crippen molar-refractivity contribution >= 4 is 11.8 Å². The van der Waals surface area contributed by atoms with Crippen molar-refractivity contribution in [1.82, 2.24) is 10.3 Å². The summed E-state index contributed by atoms with van der Waals surface area (Å²) in [6.45, 7) is 6.41. The Hall–Kier alpha value is -0.540. The molecule has 0 unspecified atom stereocenters. The van der Waals surface area contributed by atoms with E-state index in [4.69, 9.17) is 0 Å². The van der Waals surface area contributed by atoms with Crippen LogP contribution in [0.3, 0.4) is 0 Å². The molecule has 3 heteroatoms. The predicted octanol–water partition coefficient (Wildman–Crippen LogP) is 4.31. The van der Waals surface area contributed by atoms with Crippen LogP contribution in [0.15, 0.2) is 17.3 Å². The van der Waals surface area contributed by atoms with Gasteiger partial charge in [0.05, 0.1) is 5.03 Å². The van der Waals surface area contributed by atoms with Gasteiger partial charge in [-0.1, -0.05) is 32.3 Å². The first-order valence-corrected chi connectivity index (χ1v) is 8.50. The van der Waals surface area contributed by atoms with Gasteiger partial charge in [0.2, 0.25) is 0 Å². The number of aromatic nitrogens is 1. The van der Waals surface area contributed by atoms with E-state index in [-0.39, 0.29) is 0 Å². The molecule has 0 atom stereocenters. The first kappa shape index (κ1) is 14.9. The molecule has 0 radical (unpaired) electrons. The van der Waals surface area contributed by atoms with Gasteiger partial charge in [-0.05, 0) is 43.9 Å². The SMILES string of the molecule is CCCNCc1cnc(SC2CCCCC2)c(C)c1. The summed E-state index contributed by atoms with van der Waals surface area (Å²) in [6.07, 6.45) is 10.2. The van der Waals surface area contributed by atoms with Gasteiger partial charge < -0.3 is 5.32 Å². The van der Waals surface area contributed by atoms with Crippen LogP contribution in [0, 0.1) is 6.92 Å². The van der Waals surface area contributed by atoms with Crippen molar-refractivity contribution in [2.75, 3.05) is 6.54 Å². The molecule has 19 heavy (non-hydrogen) atoms. The Morgan fingerprint density at radius 3 is 2.79 bits per heavy atom. The Labute approximate surface area is 121 Å². The molecule has 2 rings (SSSR count). The van der Waals surface area contributed by atoms with Gasteiger partial charge >= 0.3 is 0 Å². The van der Waals surface area contributed by atoms with Gasteiger partial charge in [0, 0.05) is 18.0 Å².